The highest BCUT2D eigenvalue weighted by Crippen LogP contribution is 2.32. The molecular weight excluding hydrogens is 326 g/mol. The third-order valence-corrected chi connectivity index (χ3v) is 4.86. The highest BCUT2D eigenvalue weighted by molar-refractivity contribution is 5.66. The molecule has 4 nitrogen and oxygen atoms in total. The maximum absolute atomic E-state index is 10.8. The van der Waals surface area contributed by atoms with Gasteiger partial charge in [-0.15, -0.1) is 0 Å². The lowest BCUT2D eigenvalue weighted by Gasteiger charge is -2.38. The van der Waals surface area contributed by atoms with Crippen LogP contribution in [0.15, 0.2) is 60.7 Å². The van der Waals surface area contributed by atoms with Crippen LogP contribution < -0.4 is 0 Å². The Morgan fingerprint density at radius 3 is 2.00 bits per heavy atom. The number of piperidine rings is 1. The van der Waals surface area contributed by atoms with Gasteiger partial charge in [0.15, 0.2) is 0 Å². The first-order valence-electron chi connectivity index (χ1n) is 9.29. The normalized spacial score (nSPS) is 16.4. The second kappa shape index (κ2) is 10.1. The van der Waals surface area contributed by atoms with E-state index in [4.69, 9.17) is 5.11 Å². The second-order valence-electron chi connectivity index (χ2n) is 6.72. The highest BCUT2D eigenvalue weighted by atomic mass is 16.4. The van der Waals surface area contributed by atoms with Crippen molar-refractivity contribution in [2.75, 3.05) is 19.6 Å². The average Bonchev–Trinajstić information content (AvgIpc) is 2.69. The number of aliphatic hydroxyl groups is 1. The minimum Gasteiger partial charge on any atom is -0.481 e. The molecule has 0 aromatic heterocycles. The number of benzene rings is 2. The number of nitrogens with zero attached hydrogens (tertiary/aromatic N) is 1. The van der Waals surface area contributed by atoms with Crippen LogP contribution in [0, 0.1) is 0 Å². The predicted octanol–water partition coefficient (Wildman–Crippen LogP) is 3.69. The van der Waals surface area contributed by atoms with Gasteiger partial charge in [0.05, 0.1) is 5.60 Å². The van der Waals surface area contributed by atoms with Crippen molar-refractivity contribution >= 4 is 5.97 Å². The zero-order valence-electron chi connectivity index (χ0n) is 15.5. The van der Waals surface area contributed by atoms with E-state index in [0.29, 0.717) is 0 Å². The van der Waals surface area contributed by atoms with Crippen molar-refractivity contribution < 1.29 is 15.0 Å². The van der Waals surface area contributed by atoms with Crippen LogP contribution in [0.5, 0.6) is 0 Å². The van der Waals surface area contributed by atoms with Crippen molar-refractivity contribution in [2.45, 2.75) is 38.2 Å². The molecule has 0 amide bonds. The lowest BCUT2D eigenvalue weighted by molar-refractivity contribution is -0.136. The number of carboxylic acid groups (broad SMARTS) is 1. The Balaban J connectivity index is 0.000000431. The summed E-state index contributed by atoms with van der Waals surface area (Å²) < 4.78 is 0. The van der Waals surface area contributed by atoms with Crippen LogP contribution in [0.1, 0.15) is 37.3 Å². The Kier molecular flexibility index (Phi) is 7.82. The van der Waals surface area contributed by atoms with Crippen molar-refractivity contribution in [1.29, 1.82) is 0 Å². The monoisotopic (exact) mass is 355 g/mol. The molecule has 0 aliphatic carbocycles. The molecule has 0 bridgehead atoms. The molecule has 3 rings (SSSR count). The molecule has 0 atom stereocenters. The number of hydrogen-bond donors (Lipinski definition) is 2. The van der Waals surface area contributed by atoms with Crippen LogP contribution >= 0.6 is 0 Å². The Labute approximate surface area is 156 Å². The van der Waals surface area contributed by atoms with Crippen LogP contribution in [0.4, 0.5) is 0 Å². The van der Waals surface area contributed by atoms with E-state index in [-0.39, 0.29) is 6.42 Å². The average molecular weight is 355 g/mol. The summed E-state index contributed by atoms with van der Waals surface area (Å²) >= 11 is 0. The van der Waals surface area contributed by atoms with E-state index in [1.54, 1.807) is 6.92 Å². The first-order chi connectivity index (χ1) is 12.5. The Morgan fingerprint density at radius 2 is 1.50 bits per heavy atom. The summed E-state index contributed by atoms with van der Waals surface area (Å²) in [5.74, 6) is -0.745. The lowest BCUT2D eigenvalue weighted by atomic mass is 9.84. The van der Waals surface area contributed by atoms with Crippen LogP contribution in [0.2, 0.25) is 0 Å². The molecule has 0 radical (unpaired) electrons. The van der Waals surface area contributed by atoms with Crippen LogP contribution in [-0.4, -0.2) is 40.7 Å². The van der Waals surface area contributed by atoms with E-state index >= 15 is 0 Å². The van der Waals surface area contributed by atoms with Crippen molar-refractivity contribution in [3.63, 3.8) is 0 Å². The van der Waals surface area contributed by atoms with Gasteiger partial charge in [0.25, 0.3) is 0 Å². The Bertz CT molecular complexity index is 650. The zero-order chi connectivity index (χ0) is 18.8. The van der Waals surface area contributed by atoms with E-state index in [9.17, 15) is 9.90 Å². The Morgan fingerprint density at radius 1 is 1.00 bits per heavy atom. The molecule has 2 N–H and O–H groups in total. The molecule has 1 aliphatic rings. The van der Waals surface area contributed by atoms with Gasteiger partial charge < -0.3 is 15.1 Å². The molecule has 0 spiro atoms. The number of rotatable bonds is 5. The smallest absolute Gasteiger partial charge is 0.303 e. The fourth-order valence-corrected chi connectivity index (χ4v) is 3.12. The molecule has 4 heteroatoms. The molecule has 26 heavy (non-hydrogen) atoms. The van der Waals surface area contributed by atoms with E-state index < -0.39 is 11.6 Å². The van der Waals surface area contributed by atoms with E-state index in [2.05, 4.69) is 35.2 Å². The number of hydrogen-bond acceptors (Lipinski definition) is 3. The van der Waals surface area contributed by atoms with E-state index in [0.717, 1.165) is 44.5 Å². The van der Waals surface area contributed by atoms with Gasteiger partial charge in [-0.2, -0.15) is 0 Å². The largest absolute Gasteiger partial charge is 0.481 e. The van der Waals surface area contributed by atoms with Gasteiger partial charge in [-0.25, -0.2) is 0 Å². The highest BCUT2D eigenvalue weighted by Gasteiger charge is 2.33. The lowest BCUT2D eigenvalue weighted by Crippen LogP contribution is -2.43. The summed E-state index contributed by atoms with van der Waals surface area (Å²) in [7, 11) is 0. The maximum Gasteiger partial charge on any atom is 0.303 e. The minimum atomic E-state index is -0.745. The summed E-state index contributed by atoms with van der Waals surface area (Å²) in [5.41, 5.74) is 1.82. The minimum absolute atomic E-state index is 0.222. The molecule has 2 aromatic rings. The van der Waals surface area contributed by atoms with Gasteiger partial charge in [0, 0.05) is 26.1 Å². The van der Waals surface area contributed by atoms with Gasteiger partial charge in [0.2, 0.25) is 0 Å². The predicted molar refractivity (Wildman–Crippen MR) is 104 cm³/mol. The van der Waals surface area contributed by atoms with Crippen LogP contribution in [0.3, 0.4) is 0 Å². The molecule has 1 fully saturated rings. The van der Waals surface area contributed by atoms with Crippen molar-refractivity contribution in [1.82, 2.24) is 4.90 Å². The molecule has 1 saturated heterocycles. The zero-order valence-corrected chi connectivity index (χ0v) is 15.5. The SMILES string of the molecule is CCC(=O)O.OC1(c2ccccc2)CCN(CCc2ccccc2)CC1. The van der Waals surface area contributed by atoms with Crippen molar-refractivity contribution in [3.05, 3.63) is 71.8 Å². The van der Waals surface area contributed by atoms with Gasteiger partial charge in [-0.3, -0.25) is 4.79 Å². The van der Waals surface area contributed by atoms with Crippen molar-refractivity contribution in [3.8, 4) is 0 Å². The topological polar surface area (TPSA) is 60.8 Å². The second-order valence-corrected chi connectivity index (χ2v) is 6.72. The fraction of sp³-hybridized carbons (Fsp3) is 0.409. The maximum atomic E-state index is 10.8. The van der Waals surface area contributed by atoms with Gasteiger partial charge >= 0.3 is 5.97 Å². The Hall–Kier alpha value is -2.17. The molecule has 0 saturated carbocycles. The summed E-state index contributed by atoms with van der Waals surface area (Å²) in [6.45, 7) is 4.62. The summed E-state index contributed by atoms with van der Waals surface area (Å²) in [5, 5.41) is 18.5. The third kappa shape index (κ3) is 6.28. The number of carboxylic acids is 1. The number of aliphatic carboxylic acids is 1. The van der Waals surface area contributed by atoms with Crippen LogP contribution in [0.25, 0.3) is 0 Å². The van der Waals surface area contributed by atoms with Gasteiger partial charge in [0.1, 0.15) is 0 Å². The molecule has 0 unspecified atom stereocenters. The molecule has 140 valence electrons. The molecule has 2 aromatic carbocycles. The summed E-state index contributed by atoms with van der Waals surface area (Å²) in [6, 6.07) is 20.7. The van der Waals surface area contributed by atoms with Gasteiger partial charge in [-0.05, 0) is 30.4 Å². The number of likely N-dealkylation sites (tertiary alicyclic amines) is 1. The molecular formula is C22H29NO3. The van der Waals surface area contributed by atoms with Gasteiger partial charge in [-0.1, -0.05) is 67.6 Å². The third-order valence-electron chi connectivity index (χ3n) is 4.86. The summed E-state index contributed by atoms with van der Waals surface area (Å²) in [6.07, 6.45) is 2.96. The van der Waals surface area contributed by atoms with Crippen molar-refractivity contribution in [2.24, 2.45) is 0 Å². The van der Waals surface area contributed by atoms with E-state index in [1.807, 2.05) is 30.3 Å². The first-order valence-corrected chi connectivity index (χ1v) is 9.29. The molecule has 1 heterocycles. The first kappa shape index (κ1) is 20.1. The number of carbonyl (C=O) groups is 1. The summed E-state index contributed by atoms with van der Waals surface area (Å²) in [4.78, 5) is 11.8. The van der Waals surface area contributed by atoms with E-state index in [1.165, 1.54) is 5.56 Å². The van der Waals surface area contributed by atoms with Crippen LogP contribution in [-0.2, 0) is 16.8 Å². The standard InChI is InChI=1S/C19H23NO.C3H6O2/c21-19(18-9-5-2-6-10-18)12-15-20(16-13-19)14-11-17-7-3-1-4-8-17;1-2-3(4)5/h1-10,21H,11-16H2;2H2,1H3,(H,4,5). The molecule has 1 aliphatic heterocycles. The quantitative estimate of drug-likeness (QED) is 0.859. The fourth-order valence-electron chi connectivity index (χ4n) is 3.12.